The largest absolute Gasteiger partial charge is 0.496 e. The van der Waals surface area contributed by atoms with Crippen LogP contribution in [0, 0.1) is 6.92 Å². The normalized spacial score (nSPS) is 12.4. The molecule has 0 aliphatic rings. The van der Waals surface area contributed by atoms with Gasteiger partial charge >= 0.3 is 0 Å². The fourth-order valence-corrected chi connectivity index (χ4v) is 4.20. The fourth-order valence-electron chi connectivity index (χ4n) is 2.20. The third-order valence-electron chi connectivity index (χ3n) is 3.27. The Bertz CT molecular complexity index is 593. The van der Waals surface area contributed by atoms with Crippen LogP contribution in [-0.2, 0) is 0 Å². The molecule has 0 saturated heterocycles. The number of nitrogens with one attached hydrogen (secondary N) is 1. The summed E-state index contributed by atoms with van der Waals surface area (Å²) in [6.07, 6.45) is 1.10. The maximum atomic E-state index is 5.57. The van der Waals surface area contributed by atoms with Gasteiger partial charge in [0.2, 0.25) is 0 Å². The van der Waals surface area contributed by atoms with Crippen molar-refractivity contribution in [2.75, 3.05) is 13.7 Å². The van der Waals surface area contributed by atoms with Gasteiger partial charge in [0.15, 0.2) is 0 Å². The molecule has 1 aromatic heterocycles. The molecular formula is C16H19Br2NOS. The number of aryl methyl sites for hydroxylation is 1. The number of ether oxygens (including phenoxy) is 1. The second kappa shape index (κ2) is 7.77. The minimum atomic E-state index is 0.156. The molecule has 1 unspecified atom stereocenters. The number of methoxy groups -OCH3 is 1. The molecule has 0 aliphatic carbocycles. The monoisotopic (exact) mass is 431 g/mol. The summed E-state index contributed by atoms with van der Waals surface area (Å²) >= 11 is 8.94. The lowest BCUT2D eigenvalue weighted by Crippen LogP contribution is -2.22. The van der Waals surface area contributed by atoms with Crippen molar-refractivity contribution in [1.82, 2.24) is 5.32 Å². The minimum Gasteiger partial charge on any atom is -0.496 e. The smallest absolute Gasteiger partial charge is 0.125 e. The predicted octanol–water partition coefficient (Wildman–Crippen LogP) is 5.68. The Balaban J connectivity index is 2.44. The van der Waals surface area contributed by atoms with Gasteiger partial charge in [-0.15, -0.1) is 11.3 Å². The van der Waals surface area contributed by atoms with E-state index in [4.69, 9.17) is 4.74 Å². The number of hydrogen-bond acceptors (Lipinski definition) is 3. The molecule has 0 aliphatic heterocycles. The Morgan fingerprint density at radius 3 is 2.62 bits per heavy atom. The molecule has 2 nitrogen and oxygen atoms in total. The van der Waals surface area contributed by atoms with Gasteiger partial charge in [0.1, 0.15) is 5.75 Å². The summed E-state index contributed by atoms with van der Waals surface area (Å²) in [7, 11) is 1.72. The minimum absolute atomic E-state index is 0.156. The molecule has 114 valence electrons. The van der Waals surface area contributed by atoms with Gasteiger partial charge in [0.05, 0.1) is 13.2 Å². The van der Waals surface area contributed by atoms with Gasteiger partial charge in [-0.3, -0.25) is 0 Å². The summed E-state index contributed by atoms with van der Waals surface area (Å²) in [5, 5.41) is 3.63. The van der Waals surface area contributed by atoms with Crippen LogP contribution in [0.1, 0.15) is 34.7 Å². The van der Waals surface area contributed by atoms with Crippen LogP contribution >= 0.6 is 43.2 Å². The summed E-state index contributed by atoms with van der Waals surface area (Å²) in [5.74, 6) is 0.903. The Labute approximate surface area is 147 Å². The van der Waals surface area contributed by atoms with E-state index in [0.717, 1.165) is 23.2 Å². The highest BCUT2D eigenvalue weighted by atomic mass is 79.9. The molecule has 0 spiro atoms. The summed E-state index contributed by atoms with van der Waals surface area (Å²) in [6, 6.07) is 8.57. The first-order valence-electron chi connectivity index (χ1n) is 6.89. The molecule has 1 heterocycles. The Hall–Kier alpha value is -0.360. The SMILES string of the molecule is CCCNC(c1cc(Br)c(C)s1)c1ccc(Br)cc1OC. The third kappa shape index (κ3) is 4.09. The van der Waals surface area contributed by atoms with Gasteiger partial charge in [0, 0.05) is 24.3 Å². The van der Waals surface area contributed by atoms with Gasteiger partial charge in [-0.1, -0.05) is 28.9 Å². The van der Waals surface area contributed by atoms with Crippen molar-refractivity contribution in [1.29, 1.82) is 0 Å². The van der Waals surface area contributed by atoms with Gasteiger partial charge in [-0.2, -0.15) is 0 Å². The topological polar surface area (TPSA) is 21.3 Å². The van der Waals surface area contributed by atoms with E-state index in [2.05, 4.69) is 69.2 Å². The van der Waals surface area contributed by atoms with Gasteiger partial charge in [-0.05, 0) is 54.0 Å². The molecule has 0 fully saturated rings. The number of hydrogen-bond donors (Lipinski definition) is 1. The molecule has 0 saturated carbocycles. The maximum Gasteiger partial charge on any atom is 0.125 e. The first-order valence-corrected chi connectivity index (χ1v) is 9.29. The van der Waals surface area contributed by atoms with Crippen LogP contribution in [-0.4, -0.2) is 13.7 Å². The molecule has 0 amide bonds. The highest BCUT2D eigenvalue weighted by molar-refractivity contribution is 9.10. The maximum absolute atomic E-state index is 5.57. The first-order chi connectivity index (χ1) is 10.1. The van der Waals surface area contributed by atoms with E-state index in [1.165, 1.54) is 19.8 Å². The zero-order valence-corrected chi connectivity index (χ0v) is 16.4. The standard InChI is InChI=1S/C16H19Br2NOS/c1-4-7-19-16(15-9-13(18)10(2)21-15)12-6-5-11(17)8-14(12)20-3/h5-6,8-9,16,19H,4,7H2,1-3H3. The van der Waals surface area contributed by atoms with Crippen molar-refractivity contribution in [3.05, 3.63) is 48.5 Å². The summed E-state index contributed by atoms with van der Waals surface area (Å²) in [6.45, 7) is 5.28. The van der Waals surface area contributed by atoms with Crippen molar-refractivity contribution in [2.24, 2.45) is 0 Å². The summed E-state index contributed by atoms with van der Waals surface area (Å²) < 4.78 is 7.77. The zero-order chi connectivity index (χ0) is 15.4. The van der Waals surface area contributed by atoms with Crippen LogP contribution in [0.3, 0.4) is 0 Å². The number of halogens is 2. The highest BCUT2D eigenvalue weighted by Gasteiger charge is 2.20. The van der Waals surface area contributed by atoms with Gasteiger partial charge in [-0.25, -0.2) is 0 Å². The molecule has 0 bridgehead atoms. The van der Waals surface area contributed by atoms with E-state index < -0.39 is 0 Å². The Morgan fingerprint density at radius 1 is 1.29 bits per heavy atom. The van der Waals surface area contributed by atoms with E-state index in [0.29, 0.717) is 0 Å². The van der Waals surface area contributed by atoms with Crippen LogP contribution in [0.4, 0.5) is 0 Å². The second-order valence-corrected chi connectivity index (χ2v) is 7.88. The summed E-state index contributed by atoms with van der Waals surface area (Å²) in [4.78, 5) is 2.60. The number of rotatable bonds is 6. The molecule has 21 heavy (non-hydrogen) atoms. The average Bonchev–Trinajstić information content (AvgIpc) is 2.80. The highest BCUT2D eigenvalue weighted by Crippen LogP contribution is 2.37. The van der Waals surface area contributed by atoms with Crippen molar-refractivity contribution in [3.8, 4) is 5.75 Å². The number of benzene rings is 1. The summed E-state index contributed by atoms with van der Waals surface area (Å²) in [5.41, 5.74) is 1.17. The van der Waals surface area contributed by atoms with Crippen LogP contribution < -0.4 is 10.1 Å². The first kappa shape index (κ1) is 17.0. The van der Waals surface area contributed by atoms with E-state index >= 15 is 0 Å². The van der Waals surface area contributed by atoms with E-state index in [9.17, 15) is 0 Å². The average molecular weight is 433 g/mol. The molecule has 2 rings (SSSR count). The predicted molar refractivity (Wildman–Crippen MR) is 97.6 cm³/mol. The van der Waals surface area contributed by atoms with Crippen LogP contribution in [0.5, 0.6) is 5.75 Å². The number of thiophene rings is 1. The van der Waals surface area contributed by atoms with Crippen LogP contribution in [0.15, 0.2) is 33.2 Å². The molecule has 1 aromatic carbocycles. The molecule has 5 heteroatoms. The lowest BCUT2D eigenvalue weighted by molar-refractivity contribution is 0.404. The third-order valence-corrected chi connectivity index (χ3v) is 5.96. The quantitative estimate of drug-likeness (QED) is 0.633. The van der Waals surface area contributed by atoms with Crippen molar-refractivity contribution in [3.63, 3.8) is 0 Å². The lowest BCUT2D eigenvalue weighted by atomic mass is 10.0. The molecule has 2 aromatic rings. The van der Waals surface area contributed by atoms with Crippen LogP contribution in [0.2, 0.25) is 0 Å². The van der Waals surface area contributed by atoms with Crippen molar-refractivity contribution < 1.29 is 4.74 Å². The van der Waals surface area contributed by atoms with E-state index in [-0.39, 0.29) is 6.04 Å². The lowest BCUT2D eigenvalue weighted by Gasteiger charge is -2.20. The molecule has 0 radical (unpaired) electrons. The molecule has 1 atom stereocenters. The Morgan fingerprint density at radius 2 is 2.05 bits per heavy atom. The Kier molecular flexibility index (Phi) is 6.29. The molecular weight excluding hydrogens is 414 g/mol. The van der Waals surface area contributed by atoms with Crippen LogP contribution in [0.25, 0.3) is 0 Å². The molecule has 1 N–H and O–H groups in total. The van der Waals surface area contributed by atoms with Gasteiger partial charge < -0.3 is 10.1 Å². The van der Waals surface area contributed by atoms with Gasteiger partial charge in [0.25, 0.3) is 0 Å². The zero-order valence-electron chi connectivity index (χ0n) is 12.4. The van der Waals surface area contributed by atoms with E-state index in [1.807, 2.05) is 17.4 Å². The van der Waals surface area contributed by atoms with Crippen molar-refractivity contribution >= 4 is 43.2 Å². The van der Waals surface area contributed by atoms with Crippen molar-refractivity contribution in [2.45, 2.75) is 26.3 Å². The second-order valence-electron chi connectivity index (χ2n) is 4.83. The fraction of sp³-hybridized carbons (Fsp3) is 0.375. The van der Waals surface area contributed by atoms with E-state index in [1.54, 1.807) is 7.11 Å².